The van der Waals surface area contributed by atoms with Gasteiger partial charge in [0.2, 0.25) is 0 Å². The zero-order chi connectivity index (χ0) is 12.2. The van der Waals surface area contributed by atoms with Gasteiger partial charge in [-0.3, -0.25) is 0 Å². The molecular formula is C12H24N2O2. The lowest BCUT2D eigenvalue weighted by Crippen LogP contribution is -2.44. The first-order valence-corrected chi connectivity index (χ1v) is 6.14. The van der Waals surface area contributed by atoms with Crippen LogP contribution in [0.2, 0.25) is 0 Å². The van der Waals surface area contributed by atoms with Gasteiger partial charge in [0.05, 0.1) is 0 Å². The van der Waals surface area contributed by atoms with E-state index in [0.29, 0.717) is 12.5 Å². The van der Waals surface area contributed by atoms with Gasteiger partial charge in [0.25, 0.3) is 0 Å². The van der Waals surface area contributed by atoms with Crippen molar-refractivity contribution < 1.29 is 9.53 Å². The zero-order valence-corrected chi connectivity index (χ0v) is 10.7. The van der Waals surface area contributed by atoms with Crippen molar-refractivity contribution >= 4 is 6.09 Å². The van der Waals surface area contributed by atoms with Crippen molar-refractivity contribution in [3.05, 3.63) is 0 Å². The highest BCUT2D eigenvalue weighted by Gasteiger charge is 2.23. The number of hydrazine groups is 1. The molecule has 1 amide bonds. The van der Waals surface area contributed by atoms with E-state index in [4.69, 9.17) is 10.6 Å². The molecule has 0 aliphatic heterocycles. The minimum atomic E-state index is -0.471. The molecule has 0 atom stereocenters. The van der Waals surface area contributed by atoms with Gasteiger partial charge in [0.1, 0.15) is 5.60 Å². The van der Waals surface area contributed by atoms with Gasteiger partial charge in [-0.2, -0.15) is 0 Å². The van der Waals surface area contributed by atoms with Gasteiger partial charge in [-0.15, -0.1) is 0 Å². The first-order chi connectivity index (χ1) is 7.38. The van der Waals surface area contributed by atoms with Crippen molar-refractivity contribution in [2.45, 2.75) is 58.5 Å². The minimum Gasteiger partial charge on any atom is -0.443 e. The van der Waals surface area contributed by atoms with Gasteiger partial charge >= 0.3 is 6.09 Å². The average molecular weight is 228 g/mol. The summed E-state index contributed by atoms with van der Waals surface area (Å²) < 4.78 is 5.20. The van der Waals surface area contributed by atoms with Gasteiger partial charge in [-0.25, -0.2) is 15.6 Å². The van der Waals surface area contributed by atoms with Crippen LogP contribution in [0.3, 0.4) is 0 Å². The average Bonchev–Trinajstić information content (AvgIpc) is 2.16. The number of ether oxygens (including phenoxy) is 1. The molecule has 0 aromatic heterocycles. The number of rotatable bonds is 2. The van der Waals surface area contributed by atoms with Gasteiger partial charge in [-0.05, 0) is 39.5 Å². The molecular weight excluding hydrogens is 204 g/mol. The summed E-state index contributed by atoms with van der Waals surface area (Å²) in [7, 11) is 0. The molecule has 0 unspecified atom stereocenters. The second kappa shape index (κ2) is 5.53. The Balaban J connectivity index is 2.33. The fraction of sp³-hybridized carbons (Fsp3) is 0.917. The van der Waals surface area contributed by atoms with E-state index in [1.165, 1.54) is 37.1 Å². The summed E-state index contributed by atoms with van der Waals surface area (Å²) in [6.45, 7) is 6.16. The Labute approximate surface area is 98.1 Å². The maximum Gasteiger partial charge on any atom is 0.424 e. The normalized spacial score (nSPS) is 18.2. The molecule has 4 nitrogen and oxygen atoms in total. The standard InChI is InChI=1S/C12H24N2O2/c1-12(2,3)16-11(15)14(13)9-10-7-5-4-6-8-10/h10H,4-9,13H2,1-3H3. The van der Waals surface area contributed by atoms with Crippen molar-refractivity contribution in [1.29, 1.82) is 0 Å². The topological polar surface area (TPSA) is 55.6 Å². The molecule has 1 aliphatic carbocycles. The summed E-state index contributed by atoms with van der Waals surface area (Å²) in [5.41, 5.74) is -0.471. The Morgan fingerprint density at radius 1 is 1.31 bits per heavy atom. The van der Waals surface area contributed by atoms with Crippen molar-refractivity contribution in [2.75, 3.05) is 6.54 Å². The number of carbonyl (C=O) groups is 1. The molecule has 0 aromatic rings. The molecule has 0 spiro atoms. The predicted molar refractivity (Wildman–Crippen MR) is 63.7 cm³/mol. The Bertz CT molecular complexity index is 230. The zero-order valence-electron chi connectivity index (χ0n) is 10.7. The van der Waals surface area contributed by atoms with E-state index in [1.807, 2.05) is 20.8 Å². The monoisotopic (exact) mass is 228 g/mol. The van der Waals surface area contributed by atoms with Crippen molar-refractivity contribution in [3.8, 4) is 0 Å². The van der Waals surface area contributed by atoms with Crippen LogP contribution in [-0.2, 0) is 4.74 Å². The maximum atomic E-state index is 11.6. The summed E-state index contributed by atoms with van der Waals surface area (Å²) in [5.74, 6) is 6.26. The SMILES string of the molecule is CC(C)(C)OC(=O)N(N)CC1CCCCC1. The van der Waals surface area contributed by atoms with Gasteiger partial charge in [0, 0.05) is 6.54 Å². The third kappa shape index (κ3) is 4.84. The third-order valence-corrected chi connectivity index (χ3v) is 2.81. The molecule has 1 fully saturated rings. The Hall–Kier alpha value is -0.770. The van der Waals surface area contributed by atoms with Crippen LogP contribution in [0.15, 0.2) is 0 Å². The molecule has 1 saturated carbocycles. The van der Waals surface area contributed by atoms with E-state index in [1.54, 1.807) is 0 Å². The lowest BCUT2D eigenvalue weighted by Gasteiger charge is -2.28. The van der Waals surface area contributed by atoms with Crippen LogP contribution in [0.4, 0.5) is 4.79 Å². The van der Waals surface area contributed by atoms with Crippen LogP contribution in [-0.4, -0.2) is 23.2 Å². The molecule has 1 rings (SSSR count). The first kappa shape index (κ1) is 13.3. The third-order valence-electron chi connectivity index (χ3n) is 2.81. The van der Waals surface area contributed by atoms with Crippen LogP contribution in [0.1, 0.15) is 52.9 Å². The van der Waals surface area contributed by atoms with Gasteiger partial charge in [-0.1, -0.05) is 19.3 Å². The summed E-state index contributed by atoms with van der Waals surface area (Å²) in [5, 5.41) is 1.22. The van der Waals surface area contributed by atoms with Crippen LogP contribution in [0.25, 0.3) is 0 Å². The van der Waals surface area contributed by atoms with E-state index < -0.39 is 11.7 Å². The van der Waals surface area contributed by atoms with Gasteiger partial charge in [0.15, 0.2) is 0 Å². The van der Waals surface area contributed by atoms with E-state index in [-0.39, 0.29) is 0 Å². The fourth-order valence-electron chi connectivity index (χ4n) is 2.04. The Kier molecular flexibility index (Phi) is 4.59. The van der Waals surface area contributed by atoms with Crippen molar-refractivity contribution in [2.24, 2.45) is 11.8 Å². The quantitative estimate of drug-likeness (QED) is 0.449. The second-order valence-electron chi connectivity index (χ2n) is 5.64. The lowest BCUT2D eigenvalue weighted by molar-refractivity contribution is 0.0206. The molecule has 0 saturated heterocycles. The highest BCUT2D eigenvalue weighted by Crippen LogP contribution is 2.24. The summed E-state index contributed by atoms with van der Waals surface area (Å²) in [6.07, 6.45) is 5.76. The van der Waals surface area contributed by atoms with Crippen LogP contribution >= 0.6 is 0 Å². The largest absolute Gasteiger partial charge is 0.443 e. The number of hydrogen-bond acceptors (Lipinski definition) is 3. The van der Waals surface area contributed by atoms with Crippen LogP contribution in [0.5, 0.6) is 0 Å². The first-order valence-electron chi connectivity index (χ1n) is 6.14. The van der Waals surface area contributed by atoms with E-state index in [0.717, 1.165) is 0 Å². The minimum absolute atomic E-state index is 0.418. The number of nitrogens with zero attached hydrogens (tertiary/aromatic N) is 1. The van der Waals surface area contributed by atoms with E-state index in [9.17, 15) is 4.79 Å². The Morgan fingerprint density at radius 3 is 2.38 bits per heavy atom. The smallest absolute Gasteiger partial charge is 0.424 e. The van der Waals surface area contributed by atoms with Crippen LogP contribution in [0, 0.1) is 5.92 Å². The van der Waals surface area contributed by atoms with Crippen LogP contribution < -0.4 is 5.84 Å². The highest BCUT2D eigenvalue weighted by atomic mass is 16.6. The number of amides is 1. The summed E-state index contributed by atoms with van der Waals surface area (Å²) in [6, 6.07) is 0. The highest BCUT2D eigenvalue weighted by molar-refractivity contribution is 5.67. The van der Waals surface area contributed by atoms with Gasteiger partial charge < -0.3 is 4.74 Å². The molecule has 16 heavy (non-hydrogen) atoms. The van der Waals surface area contributed by atoms with E-state index in [2.05, 4.69) is 0 Å². The van der Waals surface area contributed by atoms with Crippen molar-refractivity contribution in [1.82, 2.24) is 5.01 Å². The molecule has 0 aromatic carbocycles. The number of hydrogen-bond donors (Lipinski definition) is 1. The lowest BCUT2D eigenvalue weighted by atomic mass is 9.89. The summed E-state index contributed by atoms with van der Waals surface area (Å²) in [4.78, 5) is 11.6. The molecule has 0 radical (unpaired) electrons. The van der Waals surface area contributed by atoms with E-state index >= 15 is 0 Å². The fourth-order valence-corrected chi connectivity index (χ4v) is 2.04. The molecule has 94 valence electrons. The molecule has 1 aliphatic rings. The second-order valence-corrected chi connectivity index (χ2v) is 5.64. The number of carbonyl (C=O) groups excluding carboxylic acids is 1. The predicted octanol–water partition coefficient (Wildman–Crippen LogP) is 2.68. The number of nitrogens with two attached hydrogens (primary N) is 1. The molecule has 2 N–H and O–H groups in total. The summed E-state index contributed by atoms with van der Waals surface area (Å²) >= 11 is 0. The Morgan fingerprint density at radius 2 is 1.88 bits per heavy atom. The maximum absolute atomic E-state index is 11.6. The molecule has 4 heteroatoms. The van der Waals surface area contributed by atoms with Crippen molar-refractivity contribution in [3.63, 3.8) is 0 Å². The molecule has 0 bridgehead atoms. The molecule has 0 heterocycles.